The van der Waals surface area contributed by atoms with Crippen molar-refractivity contribution in [1.29, 1.82) is 0 Å². The molecule has 0 atom stereocenters. The normalized spacial score (nSPS) is 15.4. The first-order valence-electron chi connectivity index (χ1n) is 10.7. The van der Waals surface area contributed by atoms with Crippen molar-refractivity contribution >= 4 is 16.0 Å². The summed E-state index contributed by atoms with van der Waals surface area (Å²) in [6, 6.07) is 6.92. The third-order valence-electron chi connectivity index (χ3n) is 4.91. The van der Waals surface area contributed by atoms with Crippen molar-refractivity contribution in [1.82, 2.24) is 15.4 Å². The Morgan fingerprint density at radius 2 is 1.72 bits per heavy atom. The Balaban J connectivity index is 1.98. The zero-order valence-electron chi connectivity index (χ0n) is 17.9. The SMILES string of the molecule is CCCC(O)(CCC)CNC(=NCc1ccc(S(=O)(=O)NC2CC2)cc1)NCC. The van der Waals surface area contributed by atoms with Gasteiger partial charge in [-0.1, -0.05) is 38.8 Å². The van der Waals surface area contributed by atoms with Crippen LogP contribution in [-0.2, 0) is 16.6 Å². The molecule has 0 unspecified atom stereocenters. The topological polar surface area (TPSA) is 103 Å². The first-order chi connectivity index (χ1) is 13.8. The monoisotopic (exact) mass is 424 g/mol. The summed E-state index contributed by atoms with van der Waals surface area (Å²) in [7, 11) is -3.43. The van der Waals surface area contributed by atoms with Crippen LogP contribution in [0.3, 0.4) is 0 Å². The van der Waals surface area contributed by atoms with E-state index in [0.717, 1.165) is 50.6 Å². The lowest BCUT2D eigenvalue weighted by Crippen LogP contribution is -2.47. The van der Waals surface area contributed by atoms with Gasteiger partial charge in [0, 0.05) is 19.1 Å². The number of rotatable bonds is 12. The molecule has 8 heteroatoms. The number of hydrogen-bond donors (Lipinski definition) is 4. The van der Waals surface area contributed by atoms with Gasteiger partial charge < -0.3 is 15.7 Å². The predicted molar refractivity (Wildman–Crippen MR) is 117 cm³/mol. The maximum atomic E-state index is 12.2. The molecule has 0 amide bonds. The van der Waals surface area contributed by atoms with E-state index in [1.807, 2.05) is 6.92 Å². The van der Waals surface area contributed by atoms with Crippen LogP contribution in [-0.4, -0.2) is 44.2 Å². The molecular weight excluding hydrogens is 388 g/mol. The molecule has 0 aliphatic heterocycles. The summed E-state index contributed by atoms with van der Waals surface area (Å²) in [6.45, 7) is 7.73. The van der Waals surface area contributed by atoms with Gasteiger partial charge in [0.05, 0.1) is 17.0 Å². The number of benzene rings is 1. The maximum absolute atomic E-state index is 12.2. The van der Waals surface area contributed by atoms with Crippen LogP contribution in [0.5, 0.6) is 0 Å². The summed E-state index contributed by atoms with van der Waals surface area (Å²) in [6.07, 6.45) is 5.18. The summed E-state index contributed by atoms with van der Waals surface area (Å²) >= 11 is 0. The molecule has 0 saturated heterocycles. The van der Waals surface area contributed by atoms with E-state index in [0.29, 0.717) is 19.0 Å². The molecule has 0 radical (unpaired) electrons. The Hall–Kier alpha value is -1.64. The zero-order valence-corrected chi connectivity index (χ0v) is 18.7. The van der Waals surface area contributed by atoms with Crippen LogP contribution in [0, 0.1) is 0 Å². The maximum Gasteiger partial charge on any atom is 0.240 e. The van der Waals surface area contributed by atoms with Crippen LogP contribution < -0.4 is 15.4 Å². The van der Waals surface area contributed by atoms with Crippen molar-refractivity contribution in [3.63, 3.8) is 0 Å². The highest BCUT2D eigenvalue weighted by molar-refractivity contribution is 7.89. The number of sulfonamides is 1. The molecule has 4 N–H and O–H groups in total. The Morgan fingerprint density at radius 1 is 1.10 bits per heavy atom. The van der Waals surface area contributed by atoms with Gasteiger partial charge in [-0.25, -0.2) is 18.1 Å². The number of guanidine groups is 1. The second-order valence-electron chi connectivity index (χ2n) is 7.81. The average molecular weight is 425 g/mol. The van der Waals surface area contributed by atoms with Crippen LogP contribution in [0.2, 0.25) is 0 Å². The van der Waals surface area contributed by atoms with Gasteiger partial charge in [-0.05, 0) is 50.3 Å². The van der Waals surface area contributed by atoms with E-state index in [-0.39, 0.29) is 10.9 Å². The minimum Gasteiger partial charge on any atom is -0.388 e. The van der Waals surface area contributed by atoms with E-state index >= 15 is 0 Å². The van der Waals surface area contributed by atoms with E-state index in [9.17, 15) is 13.5 Å². The fourth-order valence-corrected chi connectivity index (χ4v) is 4.56. The second-order valence-corrected chi connectivity index (χ2v) is 9.53. The lowest BCUT2D eigenvalue weighted by molar-refractivity contribution is 0.0257. The Bertz CT molecular complexity index is 753. The molecule has 1 saturated carbocycles. The molecule has 1 aromatic carbocycles. The van der Waals surface area contributed by atoms with Crippen molar-refractivity contribution in [3.8, 4) is 0 Å². The third-order valence-corrected chi connectivity index (χ3v) is 6.45. The molecule has 0 heterocycles. The molecule has 1 aromatic rings. The predicted octanol–water partition coefficient (Wildman–Crippen LogP) is 2.51. The smallest absolute Gasteiger partial charge is 0.240 e. The molecule has 164 valence electrons. The Kier molecular flexibility index (Phi) is 8.92. The molecular formula is C21H36N4O3S. The van der Waals surface area contributed by atoms with Gasteiger partial charge in [-0.2, -0.15) is 0 Å². The summed E-state index contributed by atoms with van der Waals surface area (Å²) in [5.41, 5.74) is 0.189. The van der Waals surface area contributed by atoms with Crippen LogP contribution in [0.25, 0.3) is 0 Å². The first-order valence-corrected chi connectivity index (χ1v) is 12.2. The van der Waals surface area contributed by atoms with Gasteiger partial charge in [-0.15, -0.1) is 0 Å². The van der Waals surface area contributed by atoms with E-state index in [1.54, 1.807) is 24.3 Å². The second kappa shape index (κ2) is 10.9. The van der Waals surface area contributed by atoms with Crippen LogP contribution in [0.1, 0.15) is 64.9 Å². The number of aliphatic imine (C=N–C) groups is 1. The number of nitrogens with zero attached hydrogens (tertiary/aromatic N) is 1. The van der Waals surface area contributed by atoms with Crippen LogP contribution in [0.15, 0.2) is 34.2 Å². The Morgan fingerprint density at radius 3 is 2.24 bits per heavy atom. The largest absolute Gasteiger partial charge is 0.388 e. The third kappa shape index (κ3) is 7.95. The van der Waals surface area contributed by atoms with Crippen LogP contribution in [0.4, 0.5) is 0 Å². The van der Waals surface area contributed by atoms with Gasteiger partial charge in [0.15, 0.2) is 5.96 Å². The van der Waals surface area contributed by atoms with Crippen molar-refractivity contribution in [2.24, 2.45) is 4.99 Å². The molecule has 1 aliphatic carbocycles. The summed E-state index contributed by atoms with van der Waals surface area (Å²) < 4.78 is 27.2. The highest BCUT2D eigenvalue weighted by Gasteiger charge is 2.28. The quantitative estimate of drug-likeness (QED) is 0.305. The average Bonchev–Trinajstić information content (AvgIpc) is 3.48. The molecule has 7 nitrogen and oxygen atoms in total. The van der Waals surface area contributed by atoms with E-state index in [1.165, 1.54) is 0 Å². The number of aliphatic hydroxyl groups is 1. The van der Waals surface area contributed by atoms with Crippen molar-refractivity contribution in [2.45, 2.75) is 82.4 Å². The van der Waals surface area contributed by atoms with Crippen molar-refractivity contribution < 1.29 is 13.5 Å². The lowest BCUT2D eigenvalue weighted by Gasteiger charge is -2.28. The first kappa shape index (κ1) is 23.6. The van der Waals surface area contributed by atoms with Gasteiger partial charge in [0.1, 0.15) is 0 Å². The summed E-state index contributed by atoms with van der Waals surface area (Å²) in [5.74, 6) is 0.644. The summed E-state index contributed by atoms with van der Waals surface area (Å²) in [4.78, 5) is 4.86. The highest BCUT2D eigenvalue weighted by atomic mass is 32.2. The Labute approximate surface area is 175 Å². The van der Waals surface area contributed by atoms with Gasteiger partial charge >= 0.3 is 0 Å². The molecule has 1 aliphatic rings. The molecule has 0 spiro atoms. The highest BCUT2D eigenvalue weighted by Crippen LogP contribution is 2.22. The molecule has 29 heavy (non-hydrogen) atoms. The van der Waals surface area contributed by atoms with Gasteiger partial charge in [0.2, 0.25) is 10.0 Å². The zero-order chi connectivity index (χ0) is 21.3. The van der Waals surface area contributed by atoms with E-state index in [4.69, 9.17) is 0 Å². The summed E-state index contributed by atoms with van der Waals surface area (Å²) in [5, 5.41) is 17.2. The molecule has 1 fully saturated rings. The molecule has 0 bridgehead atoms. The fourth-order valence-electron chi connectivity index (χ4n) is 3.26. The van der Waals surface area contributed by atoms with Gasteiger partial charge in [-0.3, -0.25) is 0 Å². The minimum atomic E-state index is -3.43. The minimum absolute atomic E-state index is 0.0945. The fraction of sp³-hybridized carbons (Fsp3) is 0.667. The van der Waals surface area contributed by atoms with Gasteiger partial charge in [0.25, 0.3) is 0 Å². The lowest BCUT2D eigenvalue weighted by atomic mass is 9.93. The number of hydrogen-bond acceptors (Lipinski definition) is 4. The molecule has 0 aromatic heterocycles. The van der Waals surface area contributed by atoms with E-state index < -0.39 is 15.6 Å². The standard InChI is InChI=1S/C21H36N4O3S/c1-4-13-21(26,14-5-2)16-24-20(22-6-3)23-15-17-7-11-19(12-8-17)29(27,28)25-18-9-10-18/h7-8,11-12,18,25-26H,4-6,9-10,13-16H2,1-3H3,(H2,22,23,24). The van der Waals surface area contributed by atoms with Crippen molar-refractivity contribution in [3.05, 3.63) is 29.8 Å². The van der Waals surface area contributed by atoms with Crippen LogP contribution >= 0.6 is 0 Å². The van der Waals surface area contributed by atoms with E-state index in [2.05, 4.69) is 34.2 Å². The van der Waals surface area contributed by atoms with Crippen molar-refractivity contribution in [2.75, 3.05) is 13.1 Å². The molecule has 2 rings (SSSR count). The number of nitrogens with one attached hydrogen (secondary N) is 3.